The van der Waals surface area contributed by atoms with Gasteiger partial charge in [-0.2, -0.15) is 5.10 Å². The van der Waals surface area contributed by atoms with Crippen molar-refractivity contribution in [3.05, 3.63) is 93.9 Å². The molecule has 9 heteroatoms. The highest BCUT2D eigenvalue weighted by molar-refractivity contribution is 7.19. The van der Waals surface area contributed by atoms with Crippen LogP contribution in [0.4, 0.5) is 0 Å². The monoisotopic (exact) mass is 485 g/mol. The lowest BCUT2D eigenvalue weighted by Crippen LogP contribution is -2.31. The summed E-state index contributed by atoms with van der Waals surface area (Å²) in [5, 5.41) is 7.34. The van der Waals surface area contributed by atoms with Crippen LogP contribution in [0.1, 0.15) is 15.4 Å². The van der Waals surface area contributed by atoms with Gasteiger partial charge in [-0.05, 0) is 37.3 Å². The molecule has 2 aromatic carbocycles. The van der Waals surface area contributed by atoms with E-state index >= 15 is 0 Å². The van der Waals surface area contributed by atoms with Gasteiger partial charge in [0.2, 0.25) is 0 Å². The number of carbonyl (C=O) groups is 1. The van der Waals surface area contributed by atoms with Gasteiger partial charge >= 0.3 is 0 Å². The number of methoxy groups -OCH3 is 1. The molecule has 0 saturated heterocycles. The molecule has 0 fully saturated rings. The van der Waals surface area contributed by atoms with Crippen LogP contribution in [0.3, 0.4) is 0 Å². The summed E-state index contributed by atoms with van der Waals surface area (Å²) in [6.45, 7) is 2.45. The first-order valence-electron chi connectivity index (χ1n) is 11.1. The van der Waals surface area contributed by atoms with E-state index in [1.165, 1.54) is 22.1 Å². The normalized spacial score (nSPS) is 11.0. The van der Waals surface area contributed by atoms with Crippen LogP contribution in [0.15, 0.2) is 77.7 Å². The van der Waals surface area contributed by atoms with E-state index in [1.54, 1.807) is 13.2 Å². The third-order valence-electron chi connectivity index (χ3n) is 5.69. The number of nitrogens with zero attached hydrogens (tertiary/aromatic N) is 4. The standard InChI is InChI=1S/C26H23N5O3S/c1-17-24(35-26-28-22(16-30(17)26)19-8-10-20(34-2)11-9-19)25(33)27-14-15-31-23(32)13-12-21(29-31)18-6-4-3-5-7-18/h3-13,16H,14-15H2,1-2H3,(H,27,33). The molecular weight excluding hydrogens is 462 g/mol. The Kier molecular flexibility index (Phi) is 6.15. The van der Waals surface area contributed by atoms with Crippen LogP contribution < -0.4 is 15.6 Å². The highest BCUT2D eigenvalue weighted by atomic mass is 32.1. The Labute approximate surface area is 205 Å². The number of ether oxygens (including phenoxy) is 1. The zero-order valence-electron chi connectivity index (χ0n) is 19.3. The molecule has 0 saturated carbocycles. The van der Waals surface area contributed by atoms with Gasteiger partial charge in [-0.3, -0.25) is 14.0 Å². The fourth-order valence-corrected chi connectivity index (χ4v) is 4.81. The van der Waals surface area contributed by atoms with Crippen LogP contribution >= 0.6 is 11.3 Å². The number of fused-ring (bicyclic) bond motifs is 1. The van der Waals surface area contributed by atoms with E-state index in [1.807, 2.05) is 72.1 Å². The lowest BCUT2D eigenvalue weighted by Gasteiger charge is -2.08. The van der Waals surface area contributed by atoms with E-state index < -0.39 is 0 Å². The molecule has 0 aliphatic rings. The summed E-state index contributed by atoms with van der Waals surface area (Å²) < 4.78 is 8.51. The Morgan fingerprint density at radius 2 is 1.74 bits per heavy atom. The summed E-state index contributed by atoms with van der Waals surface area (Å²) in [7, 11) is 1.63. The van der Waals surface area contributed by atoms with Crippen LogP contribution in [0.2, 0.25) is 0 Å². The molecule has 0 radical (unpaired) electrons. The lowest BCUT2D eigenvalue weighted by molar-refractivity contribution is 0.0955. The Bertz CT molecular complexity index is 1550. The van der Waals surface area contributed by atoms with Gasteiger partial charge in [0.15, 0.2) is 4.96 Å². The molecule has 0 unspecified atom stereocenters. The summed E-state index contributed by atoms with van der Waals surface area (Å²) in [6.07, 6.45) is 1.93. The first kappa shape index (κ1) is 22.5. The molecular formula is C26H23N5O3S. The van der Waals surface area contributed by atoms with Gasteiger partial charge in [0.25, 0.3) is 11.5 Å². The molecule has 0 bridgehead atoms. The van der Waals surface area contributed by atoms with Gasteiger partial charge in [-0.1, -0.05) is 41.7 Å². The van der Waals surface area contributed by atoms with Crippen LogP contribution in [0, 0.1) is 6.92 Å². The van der Waals surface area contributed by atoms with Crippen molar-refractivity contribution in [1.82, 2.24) is 24.5 Å². The molecule has 3 heterocycles. The molecule has 1 N–H and O–H groups in total. The van der Waals surface area contributed by atoms with E-state index in [4.69, 9.17) is 4.74 Å². The number of aromatic nitrogens is 4. The third kappa shape index (κ3) is 4.58. The van der Waals surface area contributed by atoms with Crippen molar-refractivity contribution in [2.75, 3.05) is 13.7 Å². The van der Waals surface area contributed by atoms with Crippen molar-refractivity contribution >= 4 is 22.2 Å². The molecule has 0 spiro atoms. The summed E-state index contributed by atoms with van der Waals surface area (Å²) in [4.78, 5) is 31.1. The Hall–Kier alpha value is -4.24. The van der Waals surface area contributed by atoms with E-state index in [0.717, 1.165) is 33.2 Å². The van der Waals surface area contributed by atoms with Crippen molar-refractivity contribution in [2.24, 2.45) is 0 Å². The highest BCUT2D eigenvalue weighted by Crippen LogP contribution is 2.28. The first-order valence-corrected chi connectivity index (χ1v) is 11.9. The van der Waals surface area contributed by atoms with Gasteiger partial charge < -0.3 is 10.1 Å². The maximum Gasteiger partial charge on any atom is 0.266 e. The van der Waals surface area contributed by atoms with Crippen molar-refractivity contribution in [1.29, 1.82) is 0 Å². The molecule has 5 rings (SSSR count). The summed E-state index contributed by atoms with van der Waals surface area (Å²) in [5.41, 5.74) is 4.05. The van der Waals surface area contributed by atoms with Gasteiger partial charge in [0, 0.05) is 35.6 Å². The number of thiazole rings is 1. The molecule has 0 aliphatic heterocycles. The number of hydrogen-bond donors (Lipinski definition) is 1. The van der Waals surface area contributed by atoms with Crippen molar-refractivity contribution in [2.45, 2.75) is 13.5 Å². The molecule has 35 heavy (non-hydrogen) atoms. The smallest absolute Gasteiger partial charge is 0.266 e. The second-order valence-corrected chi connectivity index (χ2v) is 8.90. The Balaban J connectivity index is 1.27. The number of benzene rings is 2. The summed E-state index contributed by atoms with van der Waals surface area (Å²) >= 11 is 1.34. The van der Waals surface area contributed by atoms with E-state index in [9.17, 15) is 9.59 Å². The van der Waals surface area contributed by atoms with Crippen LogP contribution in [-0.4, -0.2) is 38.7 Å². The lowest BCUT2D eigenvalue weighted by atomic mass is 10.1. The van der Waals surface area contributed by atoms with Gasteiger partial charge in [-0.25, -0.2) is 9.67 Å². The average Bonchev–Trinajstić information content (AvgIpc) is 3.45. The molecule has 1 amide bonds. The summed E-state index contributed by atoms with van der Waals surface area (Å²) in [5.74, 6) is 0.588. The number of rotatable bonds is 7. The van der Waals surface area contributed by atoms with Crippen LogP contribution in [0.5, 0.6) is 5.75 Å². The molecule has 8 nitrogen and oxygen atoms in total. The zero-order chi connectivity index (χ0) is 24.4. The predicted octanol–water partition coefficient (Wildman–Crippen LogP) is 4.03. The van der Waals surface area contributed by atoms with Gasteiger partial charge in [-0.15, -0.1) is 0 Å². The largest absolute Gasteiger partial charge is 0.497 e. The minimum Gasteiger partial charge on any atom is -0.497 e. The average molecular weight is 486 g/mol. The topological polar surface area (TPSA) is 90.5 Å². The molecule has 5 aromatic rings. The molecule has 0 atom stereocenters. The van der Waals surface area contributed by atoms with Crippen molar-refractivity contribution in [3.63, 3.8) is 0 Å². The van der Waals surface area contributed by atoms with E-state index in [2.05, 4.69) is 15.4 Å². The molecule has 176 valence electrons. The predicted molar refractivity (Wildman–Crippen MR) is 136 cm³/mol. The summed E-state index contributed by atoms with van der Waals surface area (Å²) in [6, 6.07) is 20.6. The molecule has 0 aliphatic carbocycles. The number of hydrogen-bond acceptors (Lipinski definition) is 6. The second-order valence-electron chi connectivity index (χ2n) is 7.93. The highest BCUT2D eigenvalue weighted by Gasteiger charge is 2.18. The fourth-order valence-electron chi connectivity index (χ4n) is 3.79. The number of carbonyl (C=O) groups excluding carboxylic acids is 1. The Morgan fingerprint density at radius 1 is 1.00 bits per heavy atom. The van der Waals surface area contributed by atoms with Gasteiger partial charge in [0.1, 0.15) is 10.6 Å². The quantitative estimate of drug-likeness (QED) is 0.376. The number of aryl methyl sites for hydroxylation is 1. The van der Waals surface area contributed by atoms with Gasteiger partial charge in [0.05, 0.1) is 25.0 Å². The van der Waals surface area contributed by atoms with Crippen LogP contribution in [0.25, 0.3) is 27.5 Å². The number of nitrogens with one attached hydrogen (secondary N) is 1. The third-order valence-corrected chi connectivity index (χ3v) is 6.85. The Morgan fingerprint density at radius 3 is 2.46 bits per heavy atom. The van der Waals surface area contributed by atoms with Crippen LogP contribution in [-0.2, 0) is 6.54 Å². The SMILES string of the molecule is COc1ccc(-c2cn3c(C)c(C(=O)NCCn4nc(-c5ccccc5)ccc4=O)sc3n2)cc1. The van der Waals surface area contributed by atoms with Crippen molar-refractivity contribution in [3.8, 4) is 28.3 Å². The first-order chi connectivity index (χ1) is 17.0. The maximum absolute atomic E-state index is 12.9. The minimum absolute atomic E-state index is 0.198. The maximum atomic E-state index is 12.9. The molecule has 3 aromatic heterocycles. The number of imidazole rings is 1. The fraction of sp³-hybridized carbons (Fsp3) is 0.154. The van der Waals surface area contributed by atoms with Crippen molar-refractivity contribution < 1.29 is 9.53 Å². The minimum atomic E-state index is -0.212. The number of amides is 1. The second kappa shape index (κ2) is 9.55. The van der Waals surface area contributed by atoms with E-state index in [-0.39, 0.29) is 24.6 Å². The zero-order valence-corrected chi connectivity index (χ0v) is 20.1. The van der Waals surface area contributed by atoms with E-state index in [0.29, 0.717) is 10.6 Å².